The van der Waals surface area contributed by atoms with Crippen molar-refractivity contribution in [2.45, 2.75) is 88.1 Å². The molecular formula is C25H45N7O2. The lowest BCUT2D eigenvalue weighted by molar-refractivity contribution is -0.134. The fraction of sp³-hybridized carbons (Fsp3) is 0.920. The Morgan fingerprint density at radius 3 is 2.53 bits per heavy atom. The summed E-state index contributed by atoms with van der Waals surface area (Å²) in [6.07, 6.45) is 10.4. The summed E-state index contributed by atoms with van der Waals surface area (Å²) in [6.45, 7) is 8.43. The molecule has 5 fully saturated rings. The second-order valence-electron chi connectivity index (χ2n) is 11.0. The fourth-order valence-corrected chi connectivity index (χ4v) is 6.68. The molecule has 2 amide bonds. The van der Waals surface area contributed by atoms with E-state index in [1.54, 1.807) is 0 Å². The Hall–Kier alpha value is -1.26. The molecule has 9 heteroatoms. The van der Waals surface area contributed by atoms with Crippen LogP contribution in [0.25, 0.3) is 0 Å². The van der Waals surface area contributed by atoms with Crippen LogP contribution >= 0.6 is 0 Å². The highest BCUT2D eigenvalue weighted by atomic mass is 16.2. The van der Waals surface area contributed by atoms with Gasteiger partial charge in [-0.3, -0.25) is 19.4 Å². The summed E-state index contributed by atoms with van der Waals surface area (Å²) in [5.41, 5.74) is 0. The Morgan fingerprint density at radius 2 is 1.79 bits per heavy atom. The average Bonchev–Trinajstić information content (AvgIpc) is 3.34. The van der Waals surface area contributed by atoms with E-state index in [-0.39, 0.29) is 23.9 Å². The molecule has 5 saturated heterocycles. The maximum atomic E-state index is 13.0. The van der Waals surface area contributed by atoms with Gasteiger partial charge in [-0.25, -0.2) is 0 Å². The molecule has 4 N–H and O–H groups in total. The lowest BCUT2D eigenvalue weighted by Gasteiger charge is -2.41. The van der Waals surface area contributed by atoms with Crippen LogP contribution in [-0.4, -0.2) is 116 Å². The Bertz CT molecular complexity index is 687. The first-order chi connectivity index (χ1) is 16.7. The lowest BCUT2D eigenvalue weighted by Crippen LogP contribution is -2.58. The Kier molecular flexibility index (Phi) is 8.37. The van der Waals surface area contributed by atoms with Gasteiger partial charge < -0.3 is 26.2 Å². The zero-order valence-electron chi connectivity index (χ0n) is 20.8. The quantitative estimate of drug-likeness (QED) is 0.401. The van der Waals surface area contributed by atoms with Crippen LogP contribution in [0.3, 0.4) is 0 Å². The van der Waals surface area contributed by atoms with Crippen LogP contribution in [0.1, 0.15) is 57.8 Å². The molecule has 5 aliphatic heterocycles. The standard InChI is InChI=1S/C25H45N7O2/c33-24(31-13-11-30(12-14-31)23-6-2-4-10-27-23)8-7-21-17-29-25(34)22-15-20(18-32(21)22)28-16-19-5-1-3-9-26-19/h19-23,26-28H,1-18H2,(H,29,34)/t19?,20-,21-,22-,23?/m1/s1. The predicted octanol–water partition coefficient (Wildman–Crippen LogP) is -0.317. The first-order valence-electron chi connectivity index (χ1n) is 13.9. The predicted molar refractivity (Wildman–Crippen MR) is 132 cm³/mol. The van der Waals surface area contributed by atoms with Crippen LogP contribution in [0.2, 0.25) is 0 Å². The number of carbonyl (C=O) groups excluding carboxylic acids is 2. The van der Waals surface area contributed by atoms with Crippen LogP contribution < -0.4 is 21.3 Å². The minimum Gasteiger partial charge on any atom is -0.353 e. The minimum absolute atomic E-state index is 0.0443. The number of carbonyl (C=O) groups is 2. The molecule has 0 aliphatic carbocycles. The zero-order valence-corrected chi connectivity index (χ0v) is 20.8. The number of amides is 2. The van der Waals surface area contributed by atoms with Crippen molar-refractivity contribution in [1.29, 1.82) is 0 Å². The number of rotatable bonds is 7. The van der Waals surface area contributed by atoms with E-state index in [4.69, 9.17) is 0 Å². The summed E-state index contributed by atoms with van der Waals surface area (Å²) in [5, 5.41) is 14.1. The first kappa shape index (κ1) is 24.4. The second kappa shape index (κ2) is 11.6. The van der Waals surface area contributed by atoms with Crippen molar-refractivity contribution < 1.29 is 9.59 Å². The van der Waals surface area contributed by atoms with E-state index in [1.807, 2.05) is 0 Å². The fourth-order valence-electron chi connectivity index (χ4n) is 6.68. The molecule has 5 atom stereocenters. The zero-order chi connectivity index (χ0) is 23.3. The molecule has 5 rings (SSSR count). The number of fused-ring (bicyclic) bond motifs is 1. The summed E-state index contributed by atoms with van der Waals surface area (Å²) in [4.78, 5) is 32.5. The number of nitrogens with zero attached hydrogens (tertiary/aromatic N) is 3. The molecule has 0 radical (unpaired) electrons. The van der Waals surface area contributed by atoms with E-state index in [2.05, 4.69) is 36.0 Å². The van der Waals surface area contributed by atoms with Gasteiger partial charge in [-0.2, -0.15) is 0 Å². The summed E-state index contributed by atoms with van der Waals surface area (Å²) in [6, 6.07) is 1.14. The summed E-state index contributed by atoms with van der Waals surface area (Å²) >= 11 is 0. The molecule has 0 aromatic carbocycles. The lowest BCUT2D eigenvalue weighted by atomic mass is 10.0. The van der Waals surface area contributed by atoms with Crippen molar-refractivity contribution in [2.24, 2.45) is 0 Å². The number of hydrogen-bond acceptors (Lipinski definition) is 7. The van der Waals surface area contributed by atoms with Crippen molar-refractivity contribution >= 4 is 11.8 Å². The van der Waals surface area contributed by atoms with Gasteiger partial charge in [-0.1, -0.05) is 6.42 Å². The Balaban J connectivity index is 1.06. The summed E-state index contributed by atoms with van der Waals surface area (Å²) in [5.74, 6) is 0.442. The summed E-state index contributed by atoms with van der Waals surface area (Å²) < 4.78 is 0. The molecule has 0 saturated carbocycles. The maximum Gasteiger partial charge on any atom is 0.237 e. The van der Waals surface area contributed by atoms with Crippen LogP contribution in [0.5, 0.6) is 0 Å². The van der Waals surface area contributed by atoms with Crippen molar-refractivity contribution in [3.8, 4) is 0 Å². The SMILES string of the molecule is O=C1NC[C@@H](CCC(=O)N2CCN(C3CCCCN3)CC2)N2C[C@H](NCC3CCCCN3)C[C@H]12. The average molecular weight is 476 g/mol. The number of piperazine rings is 2. The van der Waals surface area contributed by atoms with Crippen LogP contribution in [0.15, 0.2) is 0 Å². The number of piperidine rings is 2. The van der Waals surface area contributed by atoms with Crippen LogP contribution in [0, 0.1) is 0 Å². The summed E-state index contributed by atoms with van der Waals surface area (Å²) in [7, 11) is 0. The van der Waals surface area contributed by atoms with Gasteiger partial charge in [0, 0.05) is 70.4 Å². The van der Waals surface area contributed by atoms with E-state index in [0.29, 0.717) is 31.2 Å². The number of nitrogens with one attached hydrogen (secondary N) is 4. The molecule has 2 unspecified atom stereocenters. The molecule has 0 aromatic heterocycles. The molecule has 0 spiro atoms. The van der Waals surface area contributed by atoms with Gasteiger partial charge in [0.1, 0.15) is 0 Å². The Morgan fingerprint density at radius 1 is 1.00 bits per heavy atom. The molecule has 192 valence electrons. The van der Waals surface area contributed by atoms with Gasteiger partial charge in [0.05, 0.1) is 12.2 Å². The molecule has 0 bridgehead atoms. The molecule has 0 aromatic rings. The van der Waals surface area contributed by atoms with Gasteiger partial charge in [0.15, 0.2) is 0 Å². The van der Waals surface area contributed by atoms with Gasteiger partial charge in [-0.05, 0) is 58.0 Å². The largest absolute Gasteiger partial charge is 0.353 e. The molecule has 5 heterocycles. The van der Waals surface area contributed by atoms with E-state index in [9.17, 15) is 9.59 Å². The van der Waals surface area contributed by atoms with E-state index in [0.717, 1.165) is 65.2 Å². The molecule has 34 heavy (non-hydrogen) atoms. The second-order valence-corrected chi connectivity index (χ2v) is 11.0. The smallest absolute Gasteiger partial charge is 0.237 e. The topological polar surface area (TPSA) is 92.0 Å². The van der Waals surface area contributed by atoms with Gasteiger partial charge in [0.25, 0.3) is 0 Å². The van der Waals surface area contributed by atoms with Gasteiger partial charge >= 0.3 is 0 Å². The molecular weight excluding hydrogens is 430 g/mol. The van der Waals surface area contributed by atoms with Crippen LogP contribution in [0.4, 0.5) is 0 Å². The monoisotopic (exact) mass is 475 g/mol. The third-order valence-electron chi connectivity index (χ3n) is 8.77. The normalized spacial score (nSPS) is 35.7. The van der Waals surface area contributed by atoms with Gasteiger partial charge in [-0.15, -0.1) is 0 Å². The van der Waals surface area contributed by atoms with Gasteiger partial charge in [0.2, 0.25) is 11.8 Å². The molecule has 5 aliphatic rings. The van der Waals surface area contributed by atoms with E-state index in [1.165, 1.54) is 38.5 Å². The van der Waals surface area contributed by atoms with Crippen molar-refractivity contribution in [1.82, 2.24) is 36.0 Å². The van der Waals surface area contributed by atoms with Crippen molar-refractivity contribution in [3.05, 3.63) is 0 Å². The third-order valence-corrected chi connectivity index (χ3v) is 8.77. The molecule has 9 nitrogen and oxygen atoms in total. The van der Waals surface area contributed by atoms with E-state index >= 15 is 0 Å². The van der Waals surface area contributed by atoms with Crippen molar-refractivity contribution in [2.75, 3.05) is 58.9 Å². The number of hydrogen-bond donors (Lipinski definition) is 4. The first-order valence-corrected chi connectivity index (χ1v) is 13.9. The highest BCUT2D eigenvalue weighted by Gasteiger charge is 2.43. The van der Waals surface area contributed by atoms with Crippen LogP contribution in [-0.2, 0) is 9.59 Å². The Labute approximate surface area is 204 Å². The highest BCUT2D eigenvalue weighted by molar-refractivity contribution is 5.83. The maximum absolute atomic E-state index is 13.0. The van der Waals surface area contributed by atoms with E-state index < -0.39 is 0 Å². The highest BCUT2D eigenvalue weighted by Crippen LogP contribution is 2.26. The third kappa shape index (κ3) is 5.93. The van der Waals surface area contributed by atoms with Crippen molar-refractivity contribution in [3.63, 3.8) is 0 Å². The minimum atomic E-state index is -0.0443.